The van der Waals surface area contributed by atoms with Crippen LogP contribution in [0.4, 0.5) is 4.39 Å². The number of rotatable bonds is 2. The van der Waals surface area contributed by atoms with Crippen LogP contribution < -0.4 is 17.7 Å². The molecule has 1 aliphatic rings. The predicted octanol–water partition coefficient (Wildman–Crippen LogP) is -2.28. The van der Waals surface area contributed by atoms with Crippen molar-refractivity contribution in [2.75, 3.05) is 19.6 Å². The van der Waals surface area contributed by atoms with Gasteiger partial charge in [0.05, 0.1) is 30.2 Å². The Kier molecular flexibility index (Phi) is 5.57. The molecular formula is C15H19ClFN3O2S. The third kappa shape index (κ3) is 3.33. The van der Waals surface area contributed by atoms with E-state index in [-0.39, 0.29) is 28.7 Å². The minimum Gasteiger partial charge on any atom is -1.00 e. The summed E-state index contributed by atoms with van der Waals surface area (Å²) >= 11 is 0. The van der Waals surface area contributed by atoms with Crippen LogP contribution in [0.15, 0.2) is 35.5 Å². The van der Waals surface area contributed by atoms with Crippen molar-refractivity contribution >= 4 is 20.8 Å². The Morgan fingerprint density at radius 2 is 2.13 bits per heavy atom. The van der Waals surface area contributed by atoms with Crippen LogP contribution >= 0.6 is 0 Å². The summed E-state index contributed by atoms with van der Waals surface area (Å²) in [5, 5.41) is 2.74. The largest absolute Gasteiger partial charge is 1.00 e. The van der Waals surface area contributed by atoms with E-state index in [0.717, 1.165) is 19.2 Å². The van der Waals surface area contributed by atoms with Gasteiger partial charge in [-0.2, -0.15) is 4.31 Å². The Labute approximate surface area is 141 Å². The van der Waals surface area contributed by atoms with Crippen LogP contribution in [0.1, 0.15) is 13.3 Å². The van der Waals surface area contributed by atoms with Crippen molar-refractivity contribution in [2.45, 2.75) is 24.3 Å². The number of fused-ring (bicyclic) bond motifs is 1. The summed E-state index contributed by atoms with van der Waals surface area (Å²) in [5.74, 6) is -0.606. The standard InChI is InChI=1S/C15H18FN3O2S.ClH/c1-11-8-17-6-3-7-19(11)22(20,21)14-5-2-4-12-9-18-10-13(16)15(12)14;/h2,4-5,9-11,17H,3,6-8H2,1H3;1H/t11-;/m0./s1. The highest BCUT2D eigenvalue weighted by Gasteiger charge is 2.33. The fraction of sp³-hybridized carbons (Fsp3) is 0.400. The molecular weight excluding hydrogens is 341 g/mol. The third-order valence-electron chi connectivity index (χ3n) is 4.07. The number of pyridine rings is 1. The maximum atomic E-state index is 14.2. The normalized spacial score (nSPS) is 20.0. The van der Waals surface area contributed by atoms with Gasteiger partial charge in [-0.25, -0.2) is 12.8 Å². The van der Waals surface area contributed by atoms with Crippen molar-refractivity contribution in [1.82, 2.24) is 9.29 Å². The first-order valence-electron chi connectivity index (χ1n) is 7.37. The van der Waals surface area contributed by atoms with E-state index in [0.29, 0.717) is 18.5 Å². The van der Waals surface area contributed by atoms with Gasteiger partial charge in [-0.3, -0.25) is 4.98 Å². The van der Waals surface area contributed by atoms with E-state index < -0.39 is 15.8 Å². The number of quaternary nitrogens is 1. The quantitative estimate of drug-likeness (QED) is 0.657. The van der Waals surface area contributed by atoms with Crippen LogP contribution in [0, 0.1) is 5.82 Å². The molecule has 0 saturated carbocycles. The van der Waals surface area contributed by atoms with E-state index in [1.807, 2.05) is 6.92 Å². The maximum Gasteiger partial charge on any atom is 0.244 e. The first-order chi connectivity index (χ1) is 10.5. The monoisotopic (exact) mass is 359 g/mol. The van der Waals surface area contributed by atoms with Crippen LogP contribution in [-0.2, 0) is 10.0 Å². The van der Waals surface area contributed by atoms with Gasteiger partial charge < -0.3 is 17.7 Å². The van der Waals surface area contributed by atoms with E-state index >= 15 is 0 Å². The summed E-state index contributed by atoms with van der Waals surface area (Å²) in [4.78, 5) is 3.82. The molecule has 2 heterocycles. The molecule has 1 fully saturated rings. The van der Waals surface area contributed by atoms with Crippen LogP contribution in [-0.4, -0.2) is 43.4 Å². The molecule has 2 N–H and O–H groups in total. The zero-order valence-electron chi connectivity index (χ0n) is 12.7. The number of nitrogens with two attached hydrogens (primary N) is 1. The summed E-state index contributed by atoms with van der Waals surface area (Å²) in [6.45, 7) is 3.98. The zero-order valence-corrected chi connectivity index (χ0v) is 14.3. The molecule has 126 valence electrons. The van der Waals surface area contributed by atoms with E-state index in [9.17, 15) is 12.8 Å². The summed E-state index contributed by atoms with van der Waals surface area (Å²) < 4.78 is 41.7. The van der Waals surface area contributed by atoms with Crippen LogP contribution in [0.25, 0.3) is 10.8 Å². The first-order valence-corrected chi connectivity index (χ1v) is 8.81. The average molecular weight is 360 g/mol. The van der Waals surface area contributed by atoms with Crippen LogP contribution in [0.3, 0.4) is 0 Å². The number of nitrogens with zero attached hydrogens (tertiary/aromatic N) is 2. The minimum absolute atomic E-state index is 0. The summed E-state index contributed by atoms with van der Waals surface area (Å²) in [5.41, 5.74) is 0. The molecule has 0 amide bonds. The van der Waals surface area contributed by atoms with Crippen molar-refractivity contribution in [1.29, 1.82) is 0 Å². The number of aromatic nitrogens is 1. The lowest BCUT2D eigenvalue weighted by Crippen LogP contribution is -3.00. The van der Waals surface area contributed by atoms with Gasteiger partial charge in [0.15, 0.2) is 5.82 Å². The van der Waals surface area contributed by atoms with Gasteiger partial charge in [0, 0.05) is 29.9 Å². The van der Waals surface area contributed by atoms with E-state index in [2.05, 4.69) is 10.3 Å². The van der Waals surface area contributed by atoms with Crippen LogP contribution in [0.2, 0.25) is 0 Å². The van der Waals surface area contributed by atoms with Crippen molar-refractivity contribution < 1.29 is 30.5 Å². The molecule has 0 radical (unpaired) electrons. The Bertz CT molecular complexity index is 795. The molecule has 1 aromatic heterocycles. The third-order valence-corrected chi connectivity index (χ3v) is 6.13. The summed E-state index contributed by atoms with van der Waals surface area (Å²) in [6.07, 6.45) is 3.33. The molecule has 5 nitrogen and oxygen atoms in total. The molecule has 3 rings (SSSR count). The van der Waals surface area contributed by atoms with Gasteiger partial charge >= 0.3 is 0 Å². The molecule has 1 saturated heterocycles. The van der Waals surface area contributed by atoms with Crippen molar-refractivity contribution in [2.24, 2.45) is 0 Å². The Hall–Kier alpha value is -1.28. The molecule has 2 aromatic rings. The van der Waals surface area contributed by atoms with E-state index in [1.165, 1.54) is 16.6 Å². The minimum atomic E-state index is -3.74. The number of hydrogen-bond donors (Lipinski definition) is 1. The van der Waals surface area contributed by atoms with Gasteiger partial charge in [0.2, 0.25) is 10.0 Å². The smallest absolute Gasteiger partial charge is 0.244 e. The van der Waals surface area contributed by atoms with E-state index in [1.54, 1.807) is 12.1 Å². The Morgan fingerprint density at radius 1 is 1.35 bits per heavy atom. The van der Waals surface area contributed by atoms with Crippen molar-refractivity contribution in [3.05, 3.63) is 36.4 Å². The maximum absolute atomic E-state index is 14.2. The van der Waals surface area contributed by atoms with Gasteiger partial charge in [0.1, 0.15) is 0 Å². The SMILES string of the molecule is C[C@H]1C[NH2+]CCCN1S(=O)(=O)c1cccc2cncc(F)c12.[Cl-]. The molecule has 1 aliphatic heterocycles. The zero-order chi connectivity index (χ0) is 15.7. The molecule has 0 spiro atoms. The van der Waals surface area contributed by atoms with E-state index in [4.69, 9.17) is 0 Å². The Morgan fingerprint density at radius 3 is 2.91 bits per heavy atom. The van der Waals surface area contributed by atoms with Gasteiger partial charge in [-0.05, 0) is 13.0 Å². The van der Waals surface area contributed by atoms with Gasteiger partial charge in [-0.1, -0.05) is 12.1 Å². The summed E-state index contributed by atoms with van der Waals surface area (Å²) in [6, 6.07) is 4.66. The molecule has 23 heavy (non-hydrogen) atoms. The highest BCUT2D eigenvalue weighted by molar-refractivity contribution is 7.89. The molecule has 0 unspecified atom stereocenters. The predicted molar refractivity (Wildman–Crippen MR) is 81.3 cm³/mol. The fourth-order valence-electron chi connectivity index (χ4n) is 2.95. The lowest BCUT2D eigenvalue weighted by molar-refractivity contribution is -0.654. The molecule has 8 heteroatoms. The highest BCUT2D eigenvalue weighted by Crippen LogP contribution is 2.28. The Balaban J connectivity index is 0.00000192. The topological polar surface area (TPSA) is 66.9 Å². The molecule has 0 bridgehead atoms. The summed E-state index contributed by atoms with van der Waals surface area (Å²) in [7, 11) is -3.74. The van der Waals surface area contributed by atoms with Crippen LogP contribution in [0.5, 0.6) is 0 Å². The van der Waals surface area contributed by atoms with Crippen molar-refractivity contribution in [3.63, 3.8) is 0 Å². The lowest BCUT2D eigenvalue weighted by Gasteiger charge is -2.25. The lowest BCUT2D eigenvalue weighted by atomic mass is 10.2. The van der Waals surface area contributed by atoms with Gasteiger partial charge in [-0.15, -0.1) is 0 Å². The average Bonchev–Trinajstić information content (AvgIpc) is 2.72. The van der Waals surface area contributed by atoms with Crippen molar-refractivity contribution in [3.8, 4) is 0 Å². The first kappa shape index (κ1) is 18.1. The number of hydrogen-bond acceptors (Lipinski definition) is 3. The fourth-order valence-corrected chi connectivity index (χ4v) is 4.85. The number of halogens is 2. The van der Waals surface area contributed by atoms with Gasteiger partial charge in [0.25, 0.3) is 0 Å². The highest BCUT2D eigenvalue weighted by atomic mass is 35.5. The second-order valence-corrected chi connectivity index (χ2v) is 7.47. The number of benzene rings is 1. The molecule has 1 atom stereocenters. The molecule has 0 aliphatic carbocycles. The second-order valence-electron chi connectivity index (χ2n) is 5.61. The second kappa shape index (κ2) is 7.09. The molecule has 1 aromatic carbocycles. The number of sulfonamides is 1.